The summed E-state index contributed by atoms with van der Waals surface area (Å²) in [7, 11) is 0. The lowest BCUT2D eigenvalue weighted by molar-refractivity contribution is -0.139. The number of carboxylic acid groups (broad SMARTS) is 1. The van der Waals surface area contributed by atoms with Crippen LogP contribution in [0.2, 0.25) is 0 Å². The second-order valence-corrected chi connectivity index (χ2v) is 5.38. The quantitative estimate of drug-likeness (QED) is 0.764. The highest BCUT2D eigenvalue weighted by atomic mass is 32.2. The maximum absolute atomic E-state index is 10.9. The first-order chi connectivity index (χ1) is 7.15. The zero-order chi connectivity index (χ0) is 11.3. The van der Waals surface area contributed by atoms with Crippen molar-refractivity contribution in [1.29, 1.82) is 0 Å². The number of thioether (sulfide) groups is 1. The molecule has 1 heterocycles. The number of carboxylic acids is 1. The van der Waals surface area contributed by atoms with E-state index in [4.69, 9.17) is 9.84 Å². The molecular formula is C11H20O3S. The lowest BCUT2D eigenvalue weighted by Crippen LogP contribution is -2.29. The summed E-state index contributed by atoms with van der Waals surface area (Å²) in [4.78, 5) is 10.9. The molecule has 0 spiro atoms. The fourth-order valence-electron chi connectivity index (χ4n) is 1.60. The molecule has 0 bridgehead atoms. The Morgan fingerprint density at radius 2 is 2.40 bits per heavy atom. The molecule has 1 N–H and O–H groups in total. The maximum atomic E-state index is 10.9. The Labute approximate surface area is 95.6 Å². The summed E-state index contributed by atoms with van der Waals surface area (Å²) in [6, 6.07) is 0. The minimum Gasteiger partial charge on any atom is -0.480 e. The molecule has 0 aliphatic carbocycles. The Hall–Kier alpha value is -0.220. The van der Waals surface area contributed by atoms with Crippen molar-refractivity contribution in [3.63, 3.8) is 0 Å². The van der Waals surface area contributed by atoms with Crippen molar-refractivity contribution >= 4 is 17.7 Å². The van der Waals surface area contributed by atoms with E-state index in [0.717, 1.165) is 25.0 Å². The lowest BCUT2D eigenvalue weighted by Gasteiger charge is -2.17. The van der Waals surface area contributed by atoms with Gasteiger partial charge in [0.1, 0.15) is 5.25 Å². The van der Waals surface area contributed by atoms with Gasteiger partial charge >= 0.3 is 5.97 Å². The van der Waals surface area contributed by atoms with Gasteiger partial charge in [0.05, 0.1) is 6.10 Å². The van der Waals surface area contributed by atoms with E-state index >= 15 is 0 Å². The largest absolute Gasteiger partial charge is 0.480 e. The first kappa shape index (κ1) is 12.8. The molecule has 0 aromatic carbocycles. The maximum Gasteiger partial charge on any atom is 0.319 e. The zero-order valence-corrected chi connectivity index (χ0v) is 10.3. The van der Waals surface area contributed by atoms with Crippen LogP contribution in [0.15, 0.2) is 0 Å². The standard InChI is InChI=1S/C11H20O3S/c1-3-8(2)4-6-14-9-5-7-15-10(9)11(12)13/h8-10H,3-7H2,1-2H3,(H,12,13). The van der Waals surface area contributed by atoms with Gasteiger partial charge in [0, 0.05) is 6.61 Å². The van der Waals surface area contributed by atoms with Gasteiger partial charge in [0.15, 0.2) is 0 Å². The zero-order valence-electron chi connectivity index (χ0n) is 9.44. The molecular weight excluding hydrogens is 212 g/mol. The molecule has 15 heavy (non-hydrogen) atoms. The van der Waals surface area contributed by atoms with Crippen LogP contribution in [0.25, 0.3) is 0 Å². The van der Waals surface area contributed by atoms with Crippen molar-refractivity contribution in [2.45, 2.75) is 44.5 Å². The normalized spacial score (nSPS) is 27.9. The fraction of sp³-hybridized carbons (Fsp3) is 0.909. The lowest BCUT2D eigenvalue weighted by atomic mass is 10.1. The summed E-state index contributed by atoms with van der Waals surface area (Å²) >= 11 is 1.50. The van der Waals surface area contributed by atoms with E-state index in [1.165, 1.54) is 11.8 Å². The van der Waals surface area contributed by atoms with Gasteiger partial charge in [-0.15, -0.1) is 11.8 Å². The summed E-state index contributed by atoms with van der Waals surface area (Å²) in [5.74, 6) is 0.846. The second-order valence-electron chi connectivity index (χ2n) is 4.13. The van der Waals surface area contributed by atoms with Crippen LogP contribution >= 0.6 is 11.8 Å². The van der Waals surface area contributed by atoms with Gasteiger partial charge in [0.25, 0.3) is 0 Å². The van der Waals surface area contributed by atoms with Crippen LogP contribution in [0, 0.1) is 5.92 Å². The van der Waals surface area contributed by atoms with E-state index in [1.807, 2.05) is 0 Å². The summed E-state index contributed by atoms with van der Waals surface area (Å²) in [6.45, 7) is 5.06. The SMILES string of the molecule is CCC(C)CCOC1CCSC1C(=O)O. The highest BCUT2D eigenvalue weighted by Crippen LogP contribution is 2.29. The Balaban J connectivity index is 2.23. The van der Waals surface area contributed by atoms with Crippen molar-refractivity contribution in [1.82, 2.24) is 0 Å². The highest BCUT2D eigenvalue weighted by Gasteiger charge is 2.34. The first-order valence-corrected chi connectivity index (χ1v) is 6.66. The average molecular weight is 232 g/mol. The van der Waals surface area contributed by atoms with E-state index in [1.54, 1.807) is 0 Å². The molecule has 1 saturated heterocycles. The molecule has 0 aromatic rings. The molecule has 1 fully saturated rings. The van der Waals surface area contributed by atoms with Gasteiger partial charge in [-0.05, 0) is 24.5 Å². The third-order valence-corrected chi connectivity index (χ3v) is 4.26. The Bertz CT molecular complexity index is 208. The number of hydrogen-bond acceptors (Lipinski definition) is 3. The average Bonchev–Trinajstić information content (AvgIpc) is 2.65. The van der Waals surface area contributed by atoms with E-state index in [-0.39, 0.29) is 11.4 Å². The highest BCUT2D eigenvalue weighted by molar-refractivity contribution is 8.00. The Morgan fingerprint density at radius 3 is 3.00 bits per heavy atom. The van der Waals surface area contributed by atoms with Crippen LogP contribution in [0.5, 0.6) is 0 Å². The van der Waals surface area contributed by atoms with Gasteiger partial charge in [-0.2, -0.15) is 0 Å². The monoisotopic (exact) mass is 232 g/mol. The first-order valence-electron chi connectivity index (χ1n) is 5.61. The molecule has 88 valence electrons. The number of rotatable bonds is 6. The molecule has 3 unspecified atom stereocenters. The van der Waals surface area contributed by atoms with Gasteiger partial charge in [-0.25, -0.2) is 0 Å². The Kier molecular flexibility index (Phi) is 5.47. The van der Waals surface area contributed by atoms with Crippen LogP contribution in [-0.4, -0.2) is 34.8 Å². The molecule has 1 rings (SSSR count). The molecule has 3 nitrogen and oxygen atoms in total. The minimum absolute atomic E-state index is 0.0726. The van der Waals surface area contributed by atoms with Crippen LogP contribution in [0.3, 0.4) is 0 Å². The predicted molar refractivity (Wildman–Crippen MR) is 62.3 cm³/mol. The predicted octanol–water partition coefficient (Wildman–Crippen LogP) is 2.40. The molecule has 4 heteroatoms. The summed E-state index contributed by atoms with van der Waals surface area (Å²) < 4.78 is 5.65. The van der Waals surface area contributed by atoms with Gasteiger partial charge < -0.3 is 9.84 Å². The third kappa shape index (κ3) is 4.03. The van der Waals surface area contributed by atoms with Crippen LogP contribution in [0.1, 0.15) is 33.1 Å². The molecule has 0 radical (unpaired) electrons. The van der Waals surface area contributed by atoms with Crippen molar-refractivity contribution < 1.29 is 14.6 Å². The fourth-order valence-corrected chi connectivity index (χ4v) is 2.79. The molecule has 3 atom stereocenters. The van der Waals surface area contributed by atoms with Crippen molar-refractivity contribution in [3.8, 4) is 0 Å². The molecule has 0 aromatic heterocycles. The number of aliphatic carboxylic acids is 1. The van der Waals surface area contributed by atoms with E-state index in [0.29, 0.717) is 12.5 Å². The summed E-state index contributed by atoms with van der Waals surface area (Å²) in [5, 5.41) is 8.59. The minimum atomic E-state index is -0.731. The topological polar surface area (TPSA) is 46.5 Å². The summed E-state index contributed by atoms with van der Waals surface area (Å²) in [5.41, 5.74) is 0. The van der Waals surface area contributed by atoms with E-state index in [9.17, 15) is 4.79 Å². The third-order valence-electron chi connectivity index (χ3n) is 2.92. The van der Waals surface area contributed by atoms with Crippen LogP contribution in [0.4, 0.5) is 0 Å². The van der Waals surface area contributed by atoms with E-state index in [2.05, 4.69) is 13.8 Å². The van der Waals surface area contributed by atoms with Crippen LogP contribution < -0.4 is 0 Å². The van der Waals surface area contributed by atoms with Gasteiger partial charge in [-0.3, -0.25) is 4.79 Å². The Morgan fingerprint density at radius 1 is 1.67 bits per heavy atom. The van der Waals surface area contributed by atoms with Gasteiger partial charge in [-0.1, -0.05) is 20.3 Å². The summed E-state index contributed by atoms with van der Waals surface area (Å²) in [6.07, 6.45) is 2.99. The number of ether oxygens (including phenoxy) is 1. The van der Waals surface area contributed by atoms with Crippen molar-refractivity contribution in [2.24, 2.45) is 5.92 Å². The van der Waals surface area contributed by atoms with E-state index < -0.39 is 5.97 Å². The molecule has 0 amide bonds. The molecule has 0 saturated carbocycles. The molecule has 1 aliphatic rings. The van der Waals surface area contributed by atoms with Crippen molar-refractivity contribution in [3.05, 3.63) is 0 Å². The number of carbonyl (C=O) groups is 1. The van der Waals surface area contributed by atoms with Gasteiger partial charge in [0.2, 0.25) is 0 Å². The number of hydrogen-bond donors (Lipinski definition) is 1. The second kappa shape index (κ2) is 6.38. The smallest absolute Gasteiger partial charge is 0.319 e. The van der Waals surface area contributed by atoms with Crippen molar-refractivity contribution in [2.75, 3.05) is 12.4 Å². The molecule has 1 aliphatic heterocycles. The van der Waals surface area contributed by atoms with Crippen LogP contribution in [-0.2, 0) is 9.53 Å².